The van der Waals surface area contributed by atoms with Crippen LogP contribution in [0.25, 0.3) is 5.69 Å². The Morgan fingerprint density at radius 2 is 2.17 bits per heavy atom. The van der Waals surface area contributed by atoms with Gasteiger partial charge >= 0.3 is 0 Å². The maximum absolute atomic E-state index is 12.7. The Balaban J connectivity index is 0.00000208. The van der Waals surface area contributed by atoms with Crippen LogP contribution in [0, 0.1) is 5.92 Å². The summed E-state index contributed by atoms with van der Waals surface area (Å²) in [6.07, 6.45) is 3.54. The van der Waals surface area contributed by atoms with Crippen molar-refractivity contribution in [3.63, 3.8) is 0 Å². The highest BCUT2D eigenvalue weighted by Crippen LogP contribution is 2.24. The third-order valence-corrected chi connectivity index (χ3v) is 4.64. The molecule has 0 saturated carbocycles. The van der Waals surface area contributed by atoms with E-state index in [0.717, 1.165) is 12.8 Å². The number of hydrogen-bond acceptors (Lipinski definition) is 4. The van der Waals surface area contributed by atoms with E-state index in [4.69, 9.17) is 17.3 Å². The van der Waals surface area contributed by atoms with Crippen molar-refractivity contribution >= 4 is 29.9 Å². The molecule has 0 bridgehead atoms. The Bertz CT molecular complexity index is 705. The van der Waals surface area contributed by atoms with Gasteiger partial charge in [-0.2, -0.15) is 0 Å². The summed E-state index contributed by atoms with van der Waals surface area (Å²) in [7, 11) is 0. The number of hydrogen-bond donors (Lipinski definition) is 1. The monoisotopic (exact) mass is 369 g/mol. The standard InChI is InChI=1S/C16H20ClN5O.ClH/c1-11-6-7-21(12(8-11)9-18)16(23)14-10-22(20-19-14)15-5-3-2-4-13(15)17;/h2-5,10-12H,6-9,18H2,1H3;1H. The fourth-order valence-corrected chi connectivity index (χ4v) is 3.23. The summed E-state index contributed by atoms with van der Waals surface area (Å²) in [4.78, 5) is 14.5. The molecule has 1 aliphatic rings. The van der Waals surface area contributed by atoms with Gasteiger partial charge in [-0.05, 0) is 30.9 Å². The highest BCUT2D eigenvalue weighted by molar-refractivity contribution is 6.32. The first-order valence-corrected chi connectivity index (χ1v) is 8.16. The first-order valence-electron chi connectivity index (χ1n) is 7.78. The number of aromatic nitrogens is 3. The van der Waals surface area contributed by atoms with Gasteiger partial charge in [0.15, 0.2) is 5.69 Å². The van der Waals surface area contributed by atoms with Crippen LogP contribution >= 0.6 is 24.0 Å². The fourth-order valence-electron chi connectivity index (χ4n) is 3.01. The summed E-state index contributed by atoms with van der Waals surface area (Å²) >= 11 is 6.16. The minimum Gasteiger partial charge on any atom is -0.333 e. The third-order valence-electron chi connectivity index (χ3n) is 4.32. The summed E-state index contributed by atoms with van der Waals surface area (Å²) in [5.74, 6) is 0.470. The maximum Gasteiger partial charge on any atom is 0.276 e. The lowest BCUT2D eigenvalue weighted by atomic mass is 9.92. The van der Waals surface area contributed by atoms with Crippen LogP contribution in [-0.2, 0) is 0 Å². The Hall–Kier alpha value is -1.63. The molecule has 24 heavy (non-hydrogen) atoms. The average Bonchev–Trinajstić information content (AvgIpc) is 3.04. The number of carbonyl (C=O) groups is 1. The SMILES string of the molecule is CC1CCN(C(=O)c2cn(-c3ccccc3Cl)nn2)C(CN)C1.Cl. The second-order valence-corrected chi connectivity index (χ2v) is 6.42. The van der Waals surface area contributed by atoms with Crippen molar-refractivity contribution in [2.45, 2.75) is 25.8 Å². The molecule has 6 nitrogen and oxygen atoms in total. The number of benzene rings is 1. The number of piperidine rings is 1. The number of para-hydroxylation sites is 1. The van der Waals surface area contributed by atoms with Crippen molar-refractivity contribution in [3.05, 3.63) is 41.2 Å². The van der Waals surface area contributed by atoms with E-state index in [9.17, 15) is 4.79 Å². The van der Waals surface area contributed by atoms with Gasteiger partial charge in [-0.1, -0.05) is 35.9 Å². The molecule has 1 saturated heterocycles. The number of rotatable bonds is 3. The van der Waals surface area contributed by atoms with Gasteiger partial charge in [0.2, 0.25) is 0 Å². The zero-order valence-corrected chi connectivity index (χ0v) is 15.0. The predicted molar refractivity (Wildman–Crippen MR) is 95.9 cm³/mol. The van der Waals surface area contributed by atoms with Crippen LogP contribution in [0.3, 0.4) is 0 Å². The largest absolute Gasteiger partial charge is 0.333 e. The van der Waals surface area contributed by atoms with Gasteiger partial charge in [-0.3, -0.25) is 4.79 Å². The van der Waals surface area contributed by atoms with E-state index in [2.05, 4.69) is 17.2 Å². The summed E-state index contributed by atoms with van der Waals surface area (Å²) in [5.41, 5.74) is 6.85. The van der Waals surface area contributed by atoms with Gasteiger partial charge in [0.05, 0.1) is 16.9 Å². The van der Waals surface area contributed by atoms with Gasteiger partial charge < -0.3 is 10.6 Å². The van der Waals surface area contributed by atoms with Gasteiger partial charge in [-0.15, -0.1) is 17.5 Å². The predicted octanol–water partition coefficient (Wildman–Crippen LogP) is 2.54. The van der Waals surface area contributed by atoms with Crippen molar-refractivity contribution < 1.29 is 4.79 Å². The number of nitrogens with two attached hydrogens (primary N) is 1. The minimum atomic E-state index is -0.120. The average molecular weight is 370 g/mol. The van der Waals surface area contributed by atoms with Crippen molar-refractivity contribution in [1.29, 1.82) is 0 Å². The van der Waals surface area contributed by atoms with Gasteiger partial charge in [-0.25, -0.2) is 4.68 Å². The first-order chi connectivity index (χ1) is 11.1. The number of likely N-dealkylation sites (tertiary alicyclic amines) is 1. The third kappa shape index (κ3) is 3.71. The Kier molecular flexibility index (Phi) is 6.21. The van der Waals surface area contributed by atoms with E-state index in [1.54, 1.807) is 12.3 Å². The summed E-state index contributed by atoms with van der Waals surface area (Å²) in [6, 6.07) is 7.38. The number of nitrogens with zero attached hydrogens (tertiary/aromatic N) is 4. The smallest absolute Gasteiger partial charge is 0.276 e. The Labute approximate surface area is 152 Å². The quantitative estimate of drug-likeness (QED) is 0.901. The van der Waals surface area contributed by atoms with Crippen molar-refractivity contribution in [2.75, 3.05) is 13.1 Å². The van der Waals surface area contributed by atoms with Crippen LogP contribution < -0.4 is 5.73 Å². The maximum atomic E-state index is 12.7. The summed E-state index contributed by atoms with van der Waals surface area (Å²) < 4.78 is 1.53. The molecular formula is C16H21Cl2N5O. The number of amides is 1. The van der Waals surface area contributed by atoms with E-state index in [-0.39, 0.29) is 24.4 Å². The molecular weight excluding hydrogens is 349 g/mol. The molecule has 2 aromatic rings. The fraction of sp³-hybridized carbons (Fsp3) is 0.438. The van der Waals surface area contributed by atoms with E-state index >= 15 is 0 Å². The second-order valence-electron chi connectivity index (χ2n) is 6.02. The highest BCUT2D eigenvalue weighted by atomic mass is 35.5. The molecule has 2 heterocycles. The number of halogens is 2. The lowest BCUT2D eigenvalue weighted by Gasteiger charge is -2.37. The van der Waals surface area contributed by atoms with E-state index in [1.807, 2.05) is 23.1 Å². The van der Waals surface area contributed by atoms with Crippen LogP contribution in [0.5, 0.6) is 0 Å². The normalized spacial score (nSPS) is 20.5. The molecule has 2 unspecified atom stereocenters. The van der Waals surface area contributed by atoms with Crippen LogP contribution in [0.15, 0.2) is 30.5 Å². The lowest BCUT2D eigenvalue weighted by Crippen LogP contribution is -2.49. The molecule has 3 rings (SSSR count). The van der Waals surface area contributed by atoms with Crippen LogP contribution in [0.2, 0.25) is 5.02 Å². The van der Waals surface area contributed by atoms with E-state index in [0.29, 0.717) is 35.4 Å². The second kappa shape index (κ2) is 7.96. The van der Waals surface area contributed by atoms with Crippen LogP contribution in [-0.4, -0.2) is 44.9 Å². The molecule has 1 aromatic carbocycles. The molecule has 2 N–H and O–H groups in total. The highest BCUT2D eigenvalue weighted by Gasteiger charge is 2.30. The Morgan fingerprint density at radius 1 is 1.42 bits per heavy atom. The minimum absolute atomic E-state index is 0. The topological polar surface area (TPSA) is 77.0 Å². The van der Waals surface area contributed by atoms with Crippen molar-refractivity contribution in [1.82, 2.24) is 19.9 Å². The van der Waals surface area contributed by atoms with Crippen LogP contribution in [0.4, 0.5) is 0 Å². The molecule has 2 atom stereocenters. The molecule has 130 valence electrons. The molecule has 0 spiro atoms. The van der Waals surface area contributed by atoms with Crippen molar-refractivity contribution in [2.24, 2.45) is 11.7 Å². The van der Waals surface area contributed by atoms with E-state index < -0.39 is 0 Å². The van der Waals surface area contributed by atoms with E-state index in [1.165, 1.54) is 4.68 Å². The molecule has 1 amide bonds. The zero-order valence-electron chi connectivity index (χ0n) is 13.4. The summed E-state index contributed by atoms with van der Waals surface area (Å²) in [6.45, 7) is 3.37. The van der Waals surface area contributed by atoms with Gasteiger partial charge in [0.1, 0.15) is 0 Å². The molecule has 0 aliphatic carbocycles. The molecule has 8 heteroatoms. The molecule has 1 aromatic heterocycles. The molecule has 0 radical (unpaired) electrons. The van der Waals surface area contributed by atoms with Gasteiger partial charge in [0.25, 0.3) is 5.91 Å². The number of carbonyl (C=O) groups excluding carboxylic acids is 1. The first kappa shape index (κ1) is 18.7. The summed E-state index contributed by atoms with van der Waals surface area (Å²) in [5, 5.41) is 8.61. The van der Waals surface area contributed by atoms with Crippen molar-refractivity contribution in [3.8, 4) is 5.69 Å². The van der Waals surface area contributed by atoms with Gasteiger partial charge in [0, 0.05) is 19.1 Å². The lowest BCUT2D eigenvalue weighted by molar-refractivity contribution is 0.0567. The molecule has 1 aliphatic heterocycles. The Morgan fingerprint density at radius 3 is 2.88 bits per heavy atom. The van der Waals surface area contributed by atoms with Crippen LogP contribution in [0.1, 0.15) is 30.3 Å². The zero-order chi connectivity index (χ0) is 16.4. The molecule has 1 fully saturated rings.